The van der Waals surface area contributed by atoms with Crippen molar-refractivity contribution in [3.05, 3.63) is 88.9 Å². The molecule has 6 nitrogen and oxygen atoms in total. The van der Waals surface area contributed by atoms with E-state index < -0.39 is 0 Å². The molecule has 6 heteroatoms. The summed E-state index contributed by atoms with van der Waals surface area (Å²) in [7, 11) is 2.07. The van der Waals surface area contributed by atoms with Gasteiger partial charge in [0.2, 0.25) is 5.78 Å². The van der Waals surface area contributed by atoms with Crippen LogP contribution in [0.5, 0.6) is 11.5 Å². The third kappa shape index (κ3) is 3.97. The molecule has 0 fully saturated rings. The van der Waals surface area contributed by atoms with Gasteiger partial charge >= 0.3 is 0 Å². The normalized spacial score (nSPS) is 13.0. The Morgan fingerprint density at radius 2 is 1.78 bits per heavy atom. The van der Waals surface area contributed by atoms with Gasteiger partial charge in [-0.05, 0) is 49.4 Å². The summed E-state index contributed by atoms with van der Waals surface area (Å²) in [5.74, 6) is 1.33. The van der Waals surface area contributed by atoms with Gasteiger partial charge in [0.25, 0.3) is 0 Å². The third-order valence-electron chi connectivity index (χ3n) is 5.58. The Hall–Kier alpha value is -3.64. The highest BCUT2D eigenvalue weighted by Gasteiger charge is 2.21. The summed E-state index contributed by atoms with van der Waals surface area (Å²) < 4.78 is 17.2. The van der Waals surface area contributed by atoms with Crippen molar-refractivity contribution in [2.75, 3.05) is 20.3 Å². The SMILES string of the molecule is Cc1ncc(CN(C)Cc2ccccc2)c2cc(C(=O)c3ccc4c(c3)OCCO4)oc12. The van der Waals surface area contributed by atoms with Crippen molar-refractivity contribution in [3.8, 4) is 11.5 Å². The largest absolute Gasteiger partial charge is 0.486 e. The van der Waals surface area contributed by atoms with Crippen LogP contribution in [0.4, 0.5) is 0 Å². The molecule has 0 radical (unpaired) electrons. The number of carbonyl (C=O) groups excluding carboxylic acids is 1. The number of benzene rings is 2. The second kappa shape index (κ2) is 8.48. The molecule has 1 aliphatic heterocycles. The lowest BCUT2D eigenvalue weighted by Crippen LogP contribution is -2.17. The molecule has 0 spiro atoms. The lowest BCUT2D eigenvalue weighted by Gasteiger charge is -2.18. The first kappa shape index (κ1) is 20.3. The van der Waals surface area contributed by atoms with Crippen LogP contribution in [0.15, 0.2) is 65.2 Å². The zero-order chi connectivity index (χ0) is 22.1. The van der Waals surface area contributed by atoms with E-state index >= 15 is 0 Å². The highest BCUT2D eigenvalue weighted by atomic mass is 16.6. The third-order valence-corrected chi connectivity index (χ3v) is 5.58. The minimum absolute atomic E-state index is 0.193. The van der Waals surface area contributed by atoms with Crippen LogP contribution in [-0.2, 0) is 13.1 Å². The van der Waals surface area contributed by atoms with Crippen LogP contribution in [0.25, 0.3) is 11.0 Å². The molecule has 162 valence electrons. The van der Waals surface area contributed by atoms with Crippen molar-refractivity contribution in [2.45, 2.75) is 20.0 Å². The highest BCUT2D eigenvalue weighted by molar-refractivity contribution is 6.09. The van der Waals surface area contributed by atoms with Crippen molar-refractivity contribution in [1.29, 1.82) is 0 Å². The zero-order valence-corrected chi connectivity index (χ0v) is 18.1. The summed E-state index contributed by atoms with van der Waals surface area (Å²) in [6, 6.07) is 17.4. The number of rotatable bonds is 6. The topological polar surface area (TPSA) is 64.8 Å². The predicted octanol–water partition coefficient (Wildman–Crippen LogP) is 4.77. The molecule has 3 heterocycles. The summed E-state index contributed by atoms with van der Waals surface area (Å²) in [4.78, 5) is 19.9. The minimum Gasteiger partial charge on any atom is -0.486 e. The maximum Gasteiger partial charge on any atom is 0.228 e. The van der Waals surface area contributed by atoms with Crippen molar-refractivity contribution in [2.24, 2.45) is 0 Å². The average molecular weight is 428 g/mol. The molecule has 0 N–H and O–H groups in total. The summed E-state index contributed by atoms with van der Waals surface area (Å²) in [5.41, 5.74) is 4.18. The van der Waals surface area contributed by atoms with E-state index in [0.29, 0.717) is 48.2 Å². The molecule has 0 saturated carbocycles. The van der Waals surface area contributed by atoms with Gasteiger partial charge in [-0.25, -0.2) is 0 Å². The summed E-state index contributed by atoms with van der Waals surface area (Å²) >= 11 is 0. The van der Waals surface area contributed by atoms with E-state index in [1.54, 1.807) is 18.2 Å². The van der Waals surface area contributed by atoms with Gasteiger partial charge in [-0.3, -0.25) is 14.7 Å². The van der Waals surface area contributed by atoms with Crippen LogP contribution in [0.2, 0.25) is 0 Å². The molecule has 5 rings (SSSR count). The predicted molar refractivity (Wildman–Crippen MR) is 121 cm³/mol. The molecule has 2 aromatic carbocycles. The molecule has 32 heavy (non-hydrogen) atoms. The Kier molecular flexibility index (Phi) is 5.37. The van der Waals surface area contributed by atoms with E-state index in [1.165, 1.54) is 5.56 Å². The Morgan fingerprint density at radius 1 is 1.00 bits per heavy atom. The molecule has 0 unspecified atom stereocenters. The van der Waals surface area contributed by atoms with Gasteiger partial charge in [-0.2, -0.15) is 0 Å². The Morgan fingerprint density at radius 3 is 2.59 bits per heavy atom. The molecular weight excluding hydrogens is 404 g/mol. The number of furan rings is 1. The fourth-order valence-corrected chi connectivity index (χ4v) is 4.01. The monoisotopic (exact) mass is 428 g/mol. The van der Waals surface area contributed by atoms with Gasteiger partial charge in [-0.15, -0.1) is 0 Å². The minimum atomic E-state index is -0.193. The van der Waals surface area contributed by atoms with Crippen LogP contribution in [0.1, 0.15) is 32.9 Å². The Bertz CT molecular complexity index is 1280. The van der Waals surface area contributed by atoms with Crippen LogP contribution in [0, 0.1) is 6.92 Å². The molecule has 1 aliphatic rings. The fourth-order valence-electron chi connectivity index (χ4n) is 4.01. The van der Waals surface area contributed by atoms with Crippen LogP contribution >= 0.6 is 0 Å². The number of hydrogen-bond donors (Lipinski definition) is 0. The Labute approximate surface area is 186 Å². The fraction of sp³-hybridized carbons (Fsp3) is 0.231. The maximum absolute atomic E-state index is 13.2. The summed E-state index contributed by atoms with van der Waals surface area (Å²) in [6.07, 6.45) is 1.87. The number of aryl methyl sites for hydroxylation is 1. The zero-order valence-electron chi connectivity index (χ0n) is 18.1. The van der Waals surface area contributed by atoms with E-state index in [4.69, 9.17) is 13.9 Å². The Balaban J connectivity index is 1.43. The standard InChI is InChI=1S/C26H24N2O4/c1-17-26-21(20(14-27-17)16-28(2)15-18-6-4-3-5-7-18)13-24(32-26)25(29)19-8-9-22-23(12-19)31-11-10-30-22/h3-9,12-14H,10-11,15-16H2,1-2H3. The van der Waals surface area contributed by atoms with Gasteiger partial charge in [0.15, 0.2) is 22.8 Å². The summed E-state index contributed by atoms with van der Waals surface area (Å²) in [5, 5.41) is 0.915. The number of carbonyl (C=O) groups is 1. The maximum atomic E-state index is 13.2. The van der Waals surface area contributed by atoms with Crippen molar-refractivity contribution >= 4 is 16.8 Å². The molecule has 2 aromatic heterocycles. The number of ketones is 1. The molecule has 4 aromatic rings. The van der Waals surface area contributed by atoms with Crippen molar-refractivity contribution in [3.63, 3.8) is 0 Å². The second-order valence-corrected chi connectivity index (χ2v) is 8.07. The van der Waals surface area contributed by atoms with Crippen LogP contribution in [0.3, 0.4) is 0 Å². The smallest absolute Gasteiger partial charge is 0.228 e. The second-order valence-electron chi connectivity index (χ2n) is 8.07. The average Bonchev–Trinajstić information content (AvgIpc) is 3.27. The highest BCUT2D eigenvalue weighted by Crippen LogP contribution is 2.33. The first-order valence-electron chi connectivity index (χ1n) is 10.6. The number of fused-ring (bicyclic) bond motifs is 2. The molecule has 0 amide bonds. The molecule has 0 bridgehead atoms. The van der Waals surface area contributed by atoms with E-state index in [2.05, 4.69) is 29.1 Å². The quantitative estimate of drug-likeness (QED) is 0.412. The van der Waals surface area contributed by atoms with Gasteiger partial charge in [0, 0.05) is 30.2 Å². The number of nitrogens with zero attached hydrogens (tertiary/aromatic N) is 2. The van der Waals surface area contributed by atoms with Gasteiger partial charge < -0.3 is 13.9 Å². The number of hydrogen-bond acceptors (Lipinski definition) is 6. The van der Waals surface area contributed by atoms with Crippen molar-refractivity contribution < 1.29 is 18.7 Å². The van der Waals surface area contributed by atoms with E-state index in [-0.39, 0.29) is 5.78 Å². The molecule has 0 saturated heterocycles. The van der Waals surface area contributed by atoms with Gasteiger partial charge in [0.05, 0.1) is 5.69 Å². The van der Waals surface area contributed by atoms with Crippen molar-refractivity contribution in [1.82, 2.24) is 9.88 Å². The number of aromatic nitrogens is 1. The lowest BCUT2D eigenvalue weighted by molar-refractivity contribution is 0.101. The van der Waals surface area contributed by atoms with Crippen LogP contribution in [-0.4, -0.2) is 35.9 Å². The number of pyridine rings is 1. The lowest BCUT2D eigenvalue weighted by atomic mass is 10.1. The summed E-state index contributed by atoms with van der Waals surface area (Å²) in [6.45, 7) is 4.38. The first-order chi connectivity index (χ1) is 15.6. The molecule has 0 aliphatic carbocycles. The van der Waals surface area contributed by atoms with Gasteiger partial charge in [-0.1, -0.05) is 30.3 Å². The van der Waals surface area contributed by atoms with E-state index in [0.717, 1.165) is 23.2 Å². The van der Waals surface area contributed by atoms with E-state index in [9.17, 15) is 4.79 Å². The van der Waals surface area contributed by atoms with Crippen LogP contribution < -0.4 is 9.47 Å². The van der Waals surface area contributed by atoms with E-state index in [1.807, 2.05) is 37.4 Å². The first-order valence-corrected chi connectivity index (χ1v) is 10.6. The molecular formula is C26H24N2O4. The number of ether oxygens (including phenoxy) is 2. The van der Waals surface area contributed by atoms with Gasteiger partial charge in [0.1, 0.15) is 13.2 Å². The molecule has 0 atom stereocenters.